The summed E-state index contributed by atoms with van der Waals surface area (Å²) >= 11 is 0. The molecule has 1 rings (SSSR count). The van der Waals surface area contributed by atoms with Crippen LogP contribution in [0.15, 0.2) is 0 Å². The van der Waals surface area contributed by atoms with E-state index in [2.05, 4.69) is 0 Å². The van der Waals surface area contributed by atoms with Crippen molar-refractivity contribution < 1.29 is 14.3 Å². The molecule has 3 atom stereocenters. The zero-order valence-electron chi connectivity index (χ0n) is 12.1. The Morgan fingerprint density at radius 2 is 1.72 bits per heavy atom. The molecule has 5 heteroatoms. The van der Waals surface area contributed by atoms with Gasteiger partial charge in [-0.15, -0.1) is 0 Å². The van der Waals surface area contributed by atoms with Gasteiger partial charge in [-0.1, -0.05) is 20.8 Å². The second-order valence-corrected chi connectivity index (χ2v) is 6.02. The molecule has 0 aromatic carbocycles. The molecule has 1 aliphatic heterocycles. The fourth-order valence-electron chi connectivity index (χ4n) is 2.02. The van der Waals surface area contributed by atoms with Crippen molar-refractivity contribution in [2.45, 2.75) is 45.4 Å². The molecule has 18 heavy (non-hydrogen) atoms. The molecule has 1 amide bonds. The number of rotatable bonds is 4. The summed E-state index contributed by atoms with van der Waals surface area (Å²) in [4.78, 5) is 13.9. The van der Waals surface area contributed by atoms with Gasteiger partial charge in [-0.25, -0.2) is 0 Å². The summed E-state index contributed by atoms with van der Waals surface area (Å²) in [5, 5.41) is 0. The van der Waals surface area contributed by atoms with E-state index in [9.17, 15) is 4.79 Å². The summed E-state index contributed by atoms with van der Waals surface area (Å²) in [7, 11) is 3.29. The van der Waals surface area contributed by atoms with Gasteiger partial charge in [0, 0.05) is 39.8 Å². The van der Waals surface area contributed by atoms with E-state index in [0.29, 0.717) is 19.5 Å². The van der Waals surface area contributed by atoms with Crippen LogP contribution in [0, 0.1) is 5.41 Å². The van der Waals surface area contributed by atoms with Crippen molar-refractivity contribution in [1.29, 1.82) is 0 Å². The highest BCUT2D eigenvalue weighted by Gasteiger charge is 2.36. The zero-order valence-corrected chi connectivity index (χ0v) is 12.1. The van der Waals surface area contributed by atoms with E-state index in [1.165, 1.54) is 0 Å². The predicted octanol–water partition coefficient (Wildman–Crippen LogP) is 0.622. The van der Waals surface area contributed by atoms with Gasteiger partial charge >= 0.3 is 0 Å². The molecular weight excluding hydrogens is 232 g/mol. The lowest BCUT2D eigenvalue weighted by molar-refractivity contribution is -0.131. The average molecular weight is 258 g/mol. The molecule has 0 bridgehead atoms. The van der Waals surface area contributed by atoms with Gasteiger partial charge in [-0.3, -0.25) is 4.79 Å². The van der Waals surface area contributed by atoms with Crippen LogP contribution in [0.5, 0.6) is 0 Å². The molecule has 2 N–H and O–H groups in total. The summed E-state index contributed by atoms with van der Waals surface area (Å²) in [5.74, 6) is 0.0824. The standard InChI is InChI=1S/C13H26N2O3/c1-13(2,3)11(14)6-12(16)15-7-9(17-4)10(8-15)18-5/h9-11H,6-8,14H2,1-5H3. The summed E-state index contributed by atoms with van der Waals surface area (Å²) in [6.45, 7) is 7.32. The monoisotopic (exact) mass is 258 g/mol. The van der Waals surface area contributed by atoms with Crippen molar-refractivity contribution in [3.8, 4) is 0 Å². The van der Waals surface area contributed by atoms with Crippen LogP contribution in [0.1, 0.15) is 27.2 Å². The average Bonchev–Trinajstić information content (AvgIpc) is 2.70. The Hall–Kier alpha value is -0.650. The smallest absolute Gasteiger partial charge is 0.224 e. The number of carbonyl (C=O) groups is 1. The molecule has 1 aliphatic rings. The van der Waals surface area contributed by atoms with Crippen molar-refractivity contribution in [1.82, 2.24) is 4.90 Å². The highest BCUT2D eigenvalue weighted by molar-refractivity contribution is 5.77. The number of ether oxygens (including phenoxy) is 2. The quantitative estimate of drug-likeness (QED) is 0.803. The summed E-state index contributed by atoms with van der Waals surface area (Å²) < 4.78 is 10.6. The minimum Gasteiger partial charge on any atom is -0.377 e. The lowest BCUT2D eigenvalue weighted by Crippen LogP contribution is -2.41. The minimum atomic E-state index is -0.132. The van der Waals surface area contributed by atoms with E-state index < -0.39 is 0 Å². The SMILES string of the molecule is COC1CN(C(=O)CC(N)C(C)(C)C)CC1OC. The molecule has 1 heterocycles. The van der Waals surface area contributed by atoms with Crippen LogP contribution in [-0.2, 0) is 14.3 Å². The van der Waals surface area contributed by atoms with Gasteiger partial charge in [0.15, 0.2) is 0 Å². The van der Waals surface area contributed by atoms with E-state index in [-0.39, 0.29) is 29.6 Å². The number of methoxy groups -OCH3 is 2. The largest absolute Gasteiger partial charge is 0.377 e. The molecule has 0 aliphatic carbocycles. The van der Waals surface area contributed by atoms with Gasteiger partial charge in [-0.2, -0.15) is 0 Å². The van der Waals surface area contributed by atoms with Crippen LogP contribution in [0.4, 0.5) is 0 Å². The topological polar surface area (TPSA) is 64.8 Å². The molecule has 3 unspecified atom stereocenters. The second kappa shape index (κ2) is 5.99. The van der Waals surface area contributed by atoms with Gasteiger partial charge in [0.2, 0.25) is 5.91 Å². The molecule has 1 saturated heterocycles. The van der Waals surface area contributed by atoms with E-state index in [0.717, 1.165) is 0 Å². The van der Waals surface area contributed by atoms with E-state index in [1.54, 1.807) is 19.1 Å². The molecule has 5 nitrogen and oxygen atoms in total. The highest BCUT2D eigenvalue weighted by atomic mass is 16.5. The Morgan fingerprint density at radius 1 is 1.28 bits per heavy atom. The third-order valence-electron chi connectivity index (χ3n) is 3.68. The van der Waals surface area contributed by atoms with E-state index in [1.807, 2.05) is 20.8 Å². The number of amides is 1. The van der Waals surface area contributed by atoms with Crippen molar-refractivity contribution >= 4 is 5.91 Å². The maximum atomic E-state index is 12.2. The lowest BCUT2D eigenvalue weighted by Gasteiger charge is -2.28. The number of carbonyl (C=O) groups excluding carboxylic acids is 1. The number of hydrogen-bond acceptors (Lipinski definition) is 4. The molecule has 0 aromatic rings. The Balaban J connectivity index is 2.54. The van der Waals surface area contributed by atoms with Crippen LogP contribution in [0.2, 0.25) is 0 Å². The van der Waals surface area contributed by atoms with Crippen molar-refractivity contribution in [2.24, 2.45) is 11.1 Å². The third-order valence-corrected chi connectivity index (χ3v) is 3.68. The molecule has 1 fully saturated rings. The fraction of sp³-hybridized carbons (Fsp3) is 0.923. The van der Waals surface area contributed by atoms with Gasteiger partial charge in [0.05, 0.1) is 0 Å². The van der Waals surface area contributed by atoms with Crippen LogP contribution in [0.25, 0.3) is 0 Å². The van der Waals surface area contributed by atoms with Gasteiger partial charge < -0.3 is 20.1 Å². The molecular formula is C13H26N2O3. The summed E-state index contributed by atoms with van der Waals surface area (Å²) in [6.07, 6.45) is 0.297. The first-order valence-corrected chi connectivity index (χ1v) is 6.38. The van der Waals surface area contributed by atoms with Crippen molar-refractivity contribution in [3.63, 3.8) is 0 Å². The minimum absolute atomic E-state index is 0.0372. The third kappa shape index (κ3) is 3.67. The second-order valence-electron chi connectivity index (χ2n) is 6.02. The fourth-order valence-corrected chi connectivity index (χ4v) is 2.02. The van der Waals surface area contributed by atoms with E-state index in [4.69, 9.17) is 15.2 Å². The first-order chi connectivity index (χ1) is 8.29. The van der Waals surface area contributed by atoms with Crippen LogP contribution >= 0.6 is 0 Å². The van der Waals surface area contributed by atoms with Crippen LogP contribution < -0.4 is 5.73 Å². The molecule has 106 valence electrons. The maximum Gasteiger partial charge on any atom is 0.224 e. The Morgan fingerprint density at radius 3 is 2.06 bits per heavy atom. The summed E-state index contributed by atoms with van der Waals surface area (Å²) in [6, 6.07) is -0.132. The number of likely N-dealkylation sites (tertiary alicyclic amines) is 1. The predicted molar refractivity (Wildman–Crippen MR) is 70.2 cm³/mol. The maximum absolute atomic E-state index is 12.2. The van der Waals surface area contributed by atoms with Crippen molar-refractivity contribution in [3.05, 3.63) is 0 Å². The Kier molecular flexibility index (Phi) is 5.13. The van der Waals surface area contributed by atoms with Crippen LogP contribution in [0.3, 0.4) is 0 Å². The highest BCUT2D eigenvalue weighted by Crippen LogP contribution is 2.22. The van der Waals surface area contributed by atoms with Gasteiger partial charge in [0.25, 0.3) is 0 Å². The summed E-state index contributed by atoms with van der Waals surface area (Å²) in [5.41, 5.74) is 5.98. The lowest BCUT2D eigenvalue weighted by atomic mass is 9.85. The zero-order chi connectivity index (χ0) is 13.9. The molecule has 0 aromatic heterocycles. The number of hydrogen-bond donors (Lipinski definition) is 1. The normalized spacial score (nSPS) is 26.4. The Labute approximate surface area is 110 Å². The number of nitrogens with zero attached hydrogens (tertiary/aromatic N) is 1. The first-order valence-electron chi connectivity index (χ1n) is 6.38. The van der Waals surface area contributed by atoms with Gasteiger partial charge in [0.1, 0.15) is 12.2 Å². The van der Waals surface area contributed by atoms with Gasteiger partial charge in [-0.05, 0) is 5.41 Å². The van der Waals surface area contributed by atoms with Crippen molar-refractivity contribution in [2.75, 3.05) is 27.3 Å². The number of nitrogens with two attached hydrogens (primary N) is 1. The molecule has 0 saturated carbocycles. The molecule has 0 spiro atoms. The first kappa shape index (κ1) is 15.4. The van der Waals surface area contributed by atoms with Crippen LogP contribution in [-0.4, -0.2) is 56.4 Å². The van der Waals surface area contributed by atoms with E-state index >= 15 is 0 Å². The molecule has 0 radical (unpaired) electrons. The Bertz CT molecular complexity index is 276.